The van der Waals surface area contributed by atoms with E-state index in [-0.39, 0.29) is 103 Å². The SMILES string of the molecule is Cc1cc(-c2ccccc2-c2cccc(-c3ccccc3-c3cc(C)cc(C(C)(C)C)c3O)n2)c(O)c(C(C)(C)C)c1.Cc1cc(-c2ccccc2-c2cccc(-c3ccccc3-c3cc(C)cc(C(C)(C)C)c3O)n2)c(O)c(C(C)(C)C)c1.[CH3-].[CH3-].[CH3-].[CH3-].[Hf].[Zr+2]. The summed E-state index contributed by atoms with van der Waals surface area (Å²) in [5.74, 6) is 1.25. The second kappa shape index (κ2) is 30.4. The van der Waals surface area contributed by atoms with Gasteiger partial charge in [-0.3, -0.25) is 0 Å². The maximum absolute atomic E-state index is 11.5. The number of aromatic nitrogens is 2. The van der Waals surface area contributed by atoms with Crippen molar-refractivity contribution in [3.05, 3.63) is 256 Å². The van der Waals surface area contributed by atoms with Crippen LogP contribution in [0.25, 0.3) is 89.5 Å². The Morgan fingerprint density at radius 2 is 0.411 bits per heavy atom. The van der Waals surface area contributed by atoms with Gasteiger partial charge in [0.2, 0.25) is 0 Å². The predicted octanol–water partition coefficient (Wildman–Crippen LogP) is 22.5. The third kappa shape index (κ3) is 16.6. The van der Waals surface area contributed by atoms with Crippen LogP contribution in [0.4, 0.5) is 0 Å². The van der Waals surface area contributed by atoms with Gasteiger partial charge >= 0.3 is 26.2 Å². The molecule has 0 fully saturated rings. The first-order chi connectivity index (χ1) is 39.5. The third-order valence-electron chi connectivity index (χ3n) is 15.7. The molecule has 0 atom stereocenters. The van der Waals surface area contributed by atoms with Crippen LogP contribution in [0.5, 0.6) is 23.0 Å². The summed E-state index contributed by atoms with van der Waals surface area (Å²) >= 11 is 0. The number of hydrogen-bond donors (Lipinski definition) is 4. The summed E-state index contributed by atoms with van der Waals surface area (Å²) in [4.78, 5) is 10.3. The van der Waals surface area contributed by atoms with Gasteiger partial charge in [-0.2, -0.15) is 0 Å². The van der Waals surface area contributed by atoms with Gasteiger partial charge < -0.3 is 50.1 Å². The Kier molecular flexibility index (Phi) is 26.1. The second-order valence-electron chi connectivity index (χ2n) is 26.8. The van der Waals surface area contributed by atoms with Gasteiger partial charge in [0.05, 0.1) is 22.8 Å². The molecule has 8 heteroatoms. The molecule has 0 aliphatic heterocycles. The van der Waals surface area contributed by atoms with Crippen molar-refractivity contribution in [3.8, 4) is 113 Å². The largest absolute Gasteiger partial charge is 2.00 e. The number of nitrogens with zero attached hydrogens (tertiary/aromatic N) is 2. The minimum atomic E-state index is -0.199. The van der Waals surface area contributed by atoms with Crippen LogP contribution in [0.1, 0.15) is 128 Å². The van der Waals surface area contributed by atoms with E-state index in [1.165, 1.54) is 0 Å². The van der Waals surface area contributed by atoms with Crippen LogP contribution in [-0.2, 0) is 73.7 Å². The van der Waals surface area contributed by atoms with E-state index in [0.717, 1.165) is 134 Å². The van der Waals surface area contributed by atoms with E-state index >= 15 is 0 Å². The first-order valence-corrected chi connectivity index (χ1v) is 29.2. The number of aromatic hydroxyl groups is 4. The Balaban J connectivity index is 0.000000441. The number of phenolic OH excluding ortho intramolecular Hbond substituents is 4. The number of benzene rings is 8. The third-order valence-corrected chi connectivity index (χ3v) is 15.7. The molecule has 0 bridgehead atoms. The van der Waals surface area contributed by atoms with Gasteiger partial charge in [0, 0.05) is 92.6 Å². The second-order valence-corrected chi connectivity index (χ2v) is 26.8. The van der Waals surface area contributed by atoms with Crippen molar-refractivity contribution in [1.29, 1.82) is 0 Å². The Morgan fingerprint density at radius 3 is 0.578 bits per heavy atom. The quantitative estimate of drug-likeness (QED) is 0.0892. The predicted molar refractivity (Wildman–Crippen MR) is 378 cm³/mol. The maximum atomic E-state index is 11.5. The van der Waals surface area contributed by atoms with Gasteiger partial charge in [-0.05, 0) is 142 Å². The van der Waals surface area contributed by atoms with Crippen molar-refractivity contribution in [1.82, 2.24) is 9.97 Å². The summed E-state index contributed by atoms with van der Waals surface area (Å²) in [6.45, 7) is 33.7. The normalized spacial score (nSPS) is 11.2. The molecular weight excluding hydrogens is 1350 g/mol. The van der Waals surface area contributed by atoms with Gasteiger partial charge in [0.25, 0.3) is 0 Å². The summed E-state index contributed by atoms with van der Waals surface area (Å²) in [7, 11) is 0. The van der Waals surface area contributed by atoms with Crippen LogP contribution in [0, 0.1) is 57.4 Å². The molecule has 0 saturated carbocycles. The molecular formula is C82H94HfN2O4Zr-2. The summed E-state index contributed by atoms with van der Waals surface area (Å²) in [5.41, 5.74) is 21.4. The Labute approximate surface area is 579 Å². The first kappa shape index (κ1) is 77.3. The van der Waals surface area contributed by atoms with Crippen molar-refractivity contribution in [2.75, 3.05) is 0 Å². The molecule has 2 heterocycles. The molecule has 10 aromatic rings. The summed E-state index contributed by atoms with van der Waals surface area (Å²) in [6, 6.07) is 61.1. The van der Waals surface area contributed by atoms with Crippen molar-refractivity contribution < 1.29 is 72.5 Å². The van der Waals surface area contributed by atoms with E-state index < -0.39 is 0 Å². The molecule has 8 aromatic carbocycles. The molecule has 466 valence electrons. The minimum Gasteiger partial charge on any atom is -0.507 e. The van der Waals surface area contributed by atoms with E-state index in [4.69, 9.17) is 9.97 Å². The van der Waals surface area contributed by atoms with Gasteiger partial charge in [0.15, 0.2) is 0 Å². The monoisotopic (exact) mass is 1440 g/mol. The van der Waals surface area contributed by atoms with E-state index in [0.29, 0.717) is 23.0 Å². The van der Waals surface area contributed by atoms with E-state index in [9.17, 15) is 20.4 Å². The first-order valence-electron chi connectivity index (χ1n) is 29.2. The molecule has 90 heavy (non-hydrogen) atoms. The van der Waals surface area contributed by atoms with Crippen LogP contribution in [0.15, 0.2) is 182 Å². The molecule has 0 aliphatic rings. The average Bonchev–Trinajstić information content (AvgIpc) is 0.899. The van der Waals surface area contributed by atoms with Gasteiger partial charge in [0.1, 0.15) is 23.0 Å². The topological polar surface area (TPSA) is 107 Å². The number of hydrogen-bond acceptors (Lipinski definition) is 6. The molecule has 0 radical (unpaired) electrons. The molecule has 0 saturated heterocycles. The van der Waals surface area contributed by atoms with Crippen LogP contribution >= 0.6 is 0 Å². The smallest absolute Gasteiger partial charge is 0.507 e. The van der Waals surface area contributed by atoms with E-state index in [1.54, 1.807) is 0 Å². The molecule has 0 spiro atoms. The summed E-state index contributed by atoms with van der Waals surface area (Å²) in [5, 5.41) is 45.8. The number of aryl methyl sites for hydroxylation is 4. The molecule has 0 amide bonds. The Morgan fingerprint density at radius 1 is 0.244 bits per heavy atom. The summed E-state index contributed by atoms with van der Waals surface area (Å²) in [6.07, 6.45) is 0. The zero-order valence-electron chi connectivity index (χ0n) is 57.0. The Bertz CT molecular complexity index is 3590. The zero-order chi connectivity index (χ0) is 60.8. The fourth-order valence-electron chi connectivity index (χ4n) is 11.5. The fraction of sp³-hybridized carbons (Fsp3) is 0.244. The van der Waals surface area contributed by atoms with Gasteiger partial charge in [-0.15, -0.1) is 0 Å². The zero-order valence-corrected chi connectivity index (χ0v) is 63.1. The number of phenols is 4. The van der Waals surface area contributed by atoms with Crippen LogP contribution in [0.2, 0.25) is 0 Å². The Hall–Kier alpha value is -6.99. The van der Waals surface area contributed by atoms with Gasteiger partial charge in [-0.1, -0.05) is 217 Å². The molecule has 6 nitrogen and oxygen atoms in total. The summed E-state index contributed by atoms with van der Waals surface area (Å²) < 4.78 is 0. The fourth-order valence-corrected chi connectivity index (χ4v) is 11.5. The van der Waals surface area contributed by atoms with Crippen LogP contribution in [0.3, 0.4) is 0 Å². The van der Waals surface area contributed by atoms with Crippen LogP contribution in [-0.4, -0.2) is 30.4 Å². The van der Waals surface area contributed by atoms with Crippen molar-refractivity contribution in [2.24, 2.45) is 0 Å². The van der Waals surface area contributed by atoms with Crippen molar-refractivity contribution in [3.63, 3.8) is 0 Å². The molecule has 2 aromatic heterocycles. The van der Waals surface area contributed by atoms with Crippen molar-refractivity contribution in [2.45, 2.75) is 132 Å². The van der Waals surface area contributed by atoms with E-state index in [2.05, 4.69) is 208 Å². The minimum absolute atomic E-state index is 0. The molecule has 0 unspecified atom stereocenters. The van der Waals surface area contributed by atoms with Gasteiger partial charge in [-0.25, -0.2) is 9.97 Å². The standard InChI is InChI=1S/2C39H41NO2.4CH3.Hf.Zr/c2*1-24-20-30(36(41)32(22-24)38(3,4)5)26-14-9-11-16-28(26)34-18-13-19-35(40-34)29-17-12-10-15-27(29)31-21-25(2)23-33(37(31)42)39(6,7)8;;;;;;/h2*9-23,41-42H,1-8H3;4*1H3;;/q;;4*-1;;+2. The molecule has 4 N–H and O–H groups in total. The average molecular weight is 1440 g/mol. The number of pyridine rings is 2. The maximum Gasteiger partial charge on any atom is 2.00 e. The molecule has 10 rings (SSSR count). The van der Waals surface area contributed by atoms with Crippen molar-refractivity contribution >= 4 is 0 Å². The number of rotatable bonds is 8. The molecule has 0 aliphatic carbocycles. The van der Waals surface area contributed by atoms with E-state index in [1.807, 2.05) is 84.9 Å². The van der Waals surface area contributed by atoms with Crippen LogP contribution < -0.4 is 0 Å².